The molecule has 0 saturated carbocycles. The molecule has 5 heteroatoms. The molecule has 0 aliphatic heterocycles. The number of aromatic nitrogens is 2. The van der Waals surface area contributed by atoms with Crippen LogP contribution in [0, 0.1) is 0 Å². The van der Waals surface area contributed by atoms with Crippen LogP contribution in [0.25, 0.3) is 22.5 Å². The molecule has 6 aromatic rings. The maximum absolute atomic E-state index is 6.33. The Morgan fingerprint density at radius 2 is 0.837 bits per heavy atom. The third kappa shape index (κ3) is 6.14. The molecule has 3 nitrogen and oxygen atoms in total. The van der Waals surface area contributed by atoms with Crippen molar-refractivity contribution in [3.63, 3.8) is 0 Å². The number of ether oxygens (including phenoxy) is 1. The molecular formula is C38H36N2OSi2. The van der Waals surface area contributed by atoms with Crippen LogP contribution in [0.2, 0.25) is 26.2 Å². The second-order valence-corrected chi connectivity index (χ2v) is 20.8. The lowest BCUT2D eigenvalue weighted by Crippen LogP contribution is -2.52. The summed E-state index contributed by atoms with van der Waals surface area (Å²) in [4.78, 5) is 9.72. The van der Waals surface area contributed by atoms with Crippen LogP contribution in [0.5, 0.6) is 11.5 Å². The quantitative estimate of drug-likeness (QED) is 0.175. The highest BCUT2D eigenvalue weighted by molar-refractivity contribution is 7.00. The zero-order valence-electron chi connectivity index (χ0n) is 25.2. The molecule has 2 aromatic heterocycles. The number of hydrogen-bond acceptors (Lipinski definition) is 3. The summed E-state index contributed by atoms with van der Waals surface area (Å²) in [6.45, 7) is 9.49. The second-order valence-electron chi connectivity index (χ2n) is 12.0. The first-order valence-electron chi connectivity index (χ1n) is 14.7. The molecule has 6 rings (SSSR count). The molecule has 0 N–H and O–H groups in total. The summed E-state index contributed by atoms with van der Waals surface area (Å²) in [5.41, 5.74) is 3.93. The fourth-order valence-electron chi connectivity index (χ4n) is 5.49. The van der Waals surface area contributed by atoms with Gasteiger partial charge in [-0.25, -0.2) is 0 Å². The van der Waals surface area contributed by atoms with Gasteiger partial charge >= 0.3 is 0 Å². The number of pyridine rings is 2. The van der Waals surface area contributed by atoms with Gasteiger partial charge in [0.05, 0.1) is 11.4 Å². The Bertz CT molecular complexity index is 1680. The van der Waals surface area contributed by atoms with Gasteiger partial charge in [-0.3, -0.25) is 9.97 Å². The lowest BCUT2D eigenvalue weighted by Gasteiger charge is -2.23. The molecular weight excluding hydrogens is 557 g/mol. The molecule has 212 valence electrons. The van der Waals surface area contributed by atoms with Crippen LogP contribution in [-0.2, 0) is 0 Å². The number of nitrogens with zero attached hydrogens (tertiary/aromatic N) is 2. The highest BCUT2D eigenvalue weighted by Crippen LogP contribution is 2.29. The lowest BCUT2D eigenvalue weighted by atomic mass is 10.1. The fourth-order valence-corrected chi connectivity index (χ4v) is 9.98. The summed E-state index contributed by atoms with van der Waals surface area (Å²) >= 11 is 0. The molecule has 0 amide bonds. The van der Waals surface area contributed by atoms with Gasteiger partial charge in [0.1, 0.15) is 27.6 Å². The average molecular weight is 593 g/mol. The van der Waals surface area contributed by atoms with E-state index in [1.54, 1.807) is 0 Å². The van der Waals surface area contributed by atoms with Gasteiger partial charge in [0.25, 0.3) is 0 Å². The minimum Gasteiger partial charge on any atom is -0.457 e. The third-order valence-corrected chi connectivity index (χ3v) is 15.5. The summed E-state index contributed by atoms with van der Waals surface area (Å²) < 4.78 is 6.33. The molecule has 0 aliphatic carbocycles. The van der Waals surface area contributed by atoms with Gasteiger partial charge in [0, 0.05) is 23.5 Å². The summed E-state index contributed by atoms with van der Waals surface area (Å²) in [6.07, 6.45) is 4.10. The maximum atomic E-state index is 6.33. The molecule has 0 atom stereocenters. The van der Waals surface area contributed by atoms with Crippen LogP contribution >= 0.6 is 0 Å². The summed E-state index contributed by atoms with van der Waals surface area (Å²) in [5, 5.41) is 5.45. The Labute approximate surface area is 256 Å². The van der Waals surface area contributed by atoms with Crippen molar-refractivity contribution >= 4 is 36.9 Å². The van der Waals surface area contributed by atoms with E-state index < -0.39 is 16.1 Å². The van der Waals surface area contributed by atoms with E-state index in [0.717, 1.165) is 34.0 Å². The van der Waals surface area contributed by atoms with Crippen LogP contribution in [0.4, 0.5) is 0 Å². The molecule has 0 saturated heterocycles. The van der Waals surface area contributed by atoms with E-state index >= 15 is 0 Å². The molecule has 0 spiro atoms. The van der Waals surface area contributed by atoms with Crippen LogP contribution in [0.3, 0.4) is 0 Å². The van der Waals surface area contributed by atoms with Crippen molar-refractivity contribution in [3.05, 3.63) is 146 Å². The number of benzene rings is 4. The van der Waals surface area contributed by atoms with Crippen LogP contribution in [0.1, 0.15) is 0 Å². The summed E-state index contributed by atoms with van der Waals surface area (Å²) in [7, 11) is -3.59. The van der Waals surface area contributed by atoms with E-state index in [0.29, 0.717) is 0 Å². The monoisotopic (exact) mass is 592 g/mol. The Morgan fingerprint density at radius 3 is 1.21 bits per heavy atom. The topological polar surface area (TPSA) is 35.0 Å². The molecule has 0 bridgehead atoms. The highest BCUT2D eigenvalue weighted by atomic mass is 28.3. The first-order chi connectivity index (χ1) is 20.8. The van der Waals surface area contributed by atoms with Crippen LogP contribution < -0.4 is 25.5 Å². The smallest absolute Gasteiger partial charge is 0.128 e. The summed E-state index contributed by atoms with van der Waals surface area (Å²) in [5.74, 6) is 1.55. The third-order valence-electron chi connectivity index (χ3n) is 8.46. The first kappa shape index (κ1) is 28.5. The Morgan fingerprint density at radius 1 is 0.419 bits per heavy atom. The largest absolute Gasteiger partial charge is 0.457 e. The molecule has 0 unspecified atom stereocenters. The zero-order chi connectivity index (χ0) is 29.9. The van der Waals surface area contributed by atoms with Gasteiger partial charge in [-0.05, 0) is 46.8 Å². The molecule has 43 heavy (non-hydrogen) atoms. The van der Waals surface area contributed by atoms with Crippen molar-refractivity contribution in [1.82, 2.24) is 9.97 Å². The van der Waals surface area contributed by atoms with Crippen LogP contribution in [0.15, 0.2) is 146 Å². The fraction of sp³-hybridized carbons (Fsp3) is 0.105. The SMILES string of the molecule is C[Si](C)(c1ccccc1)c1ccc(-c2cccc(Oc3cccc(-c4ccc([Si](C)(C)c5ccccc5)cn4)c3)c2)nc1. The number of hydrogen-bond donors (Lipinski definition) is 0. The minimum atomic E-state index is -1.79. The lowest BCUT2D eigenvalue weighted by molar-refractivity contribution is 0.483. The molecule has 0 aliphatic rings. The van der Waals surface area contributed by atoms with E-state index in [9.17, 15) is 0 Å². The van der Waals surface area contributed by atoms with Gasteiger partial charge in [-0.1, -0.05) is 134 Å². The van der Waals surface area contributed by atoms with E-state index in [-0.39, 0.29) is 0 Å². The van der Waals surface area contributed by atoms with Gasteiger partial charge in [-0.2, -0.15) is 0 Å². The van der Waals surface area contributed by atoms with E-state index in [2.05, 4.69) is 135 Å². The van der Waals surface area contributed by atoms with Gasteiger partial charge in [0.2, 0.25) is 0 Å². The Balaban J connectivity index is 1.18. The summed E-state index contributed by atoms with van der Waals surface area (Å²) in [6, 6.07) is 46.6. The van der Waals surface area contributed by atoms with Crippen LogP contribution in [-0.4, -0.2) is 26.1 Å². The van der Waals surface area contributed by atoms with E-state index in [4.69, 9.17) is 14.7 Å². The predicted molar refractivity (Wildman–Crippen MR) is 186 cm³/mol. The van der Waals surface area contributed by atoms with E-state index in [1.165, 1.54) is 20.7 Å². The molecule has 0 radical (unpaired) electrons. The average Bonchev–Trinajstić information content (AvgIpc) is 3.06. The van der Waals surface area contributed by atoms with Crippen molar-refractivity contribution in [1.29, 1.82) is 0 Å². The van der Waals surface area contributed by atoms with Crippen molar-refractivity contribution in [2.24, 2.45) is 0 Å². The normalized spacial score (nSPS) is 11.7. The number of rotatable bonds is 8. The van der Waals surface area contributed by atoms with Crippen molar-refractivity contribution < 1.29 is 4.74 Å². The zero-order valence-corrected chi connectivity index (χ0v) is 27.2. The van der Waals surface area contributed by atoms with E-state index in [1.807, 2.05) is 36.7 Å². The van der Waals surface area contributed by atoms with Crippen molar-refractivity contribution in [2.75, 3.05) is 0 Å². The van der Waals surface area contributed by atoms with Crippen molar-refractivity contribution in [2.45, 2.75) is 26.2 Å². The molecule has 0 fully saturated rings. The highest BCUT2D eigenvalue weighted by Gasteiger charge is 2.27. The van der Waals surface area contributed by atoms with Gasteiger partial charge in [0.15, 0.2) is 0 Å². The standard InChI is InChI=1S/C38H36N2OSi2/c1-42(2,33-17-7-5-8-18-33)35-21-23-37(39-27-35)29-13-11-15-31(25-29)41-32-16-12-14-30(26-32)38-24-22-36(28-40-38)43(3,4)34-19-9-6-10-20-34/h5-28H,1-4H3. The maximum Gasteiger partial charge on any atom is 0.128 e. The van der Waals surface area contributed by atoms with Gasteiger partial charge < -0.3 is 4.74 Å². The Kier molecular flexibility index (Phi) is 7.93. The molecule has 2 heterocycles. The predicted octanol–water partition coefficient (Wildman–Crippen LogP) is 7.25. The molecule has 4 aromatic carbocycles. The minimum absolute atomic E-state index is 0.776. The van der Waals surface area contributed by atoms with Gasteiger partial charge in [-0.15, -0.1) is 0 Å². The first-order valence-corrected chi connectivity index (χ1v) is 20.7. The Hall–Kier alpha value is -4.59. The second kappa shape index (κ2) is 12.0. The van der Waals surface area contributed by atoms with Crippen molar-refractivity contribution in [3.8, 4) is 34.0 Å².